The lowest BCUT2D eigenvalue weighted by Crippen LogP contribution is -2.36. The predicted octanol–water partition coefficient (Wildman–Crippen LogP) is 1.64. The van der Waals surface area contributed by atoms with Crippen LogP contribution in [0.1, 0.15) is 21.7 Å². The number of carbonyl (C=O) groups excluding carboxylic acids is 2. The largest absolute Gasteiger partial charge is 0.484 e. The summed E-state index contributed by atoms with van der Waals surface area (Å²) in [5, 5.41) is 6.61. The van der Waals surface area contributed by atoms with Crippen LogP contribution in [0.15, 0.2) is 30.3 Å². The van der Waals surface area contributed by atoms with Crippen LogP contribution < -0.4 is 10.1 Å². The second-order valence-corrected chi connectivity index (χ2v) is 5.06. The van der Waals surface area contributed by atoms with Crippen LogP contribution in [0.2, 0.25) is 0 Å². The van der Waals surface area contributed by atoms with Crippen LogP contribution in [-0.2, 0) is 4.79 Å². The number of para-hydroxylation sites is 1. The number of benzene rings is 1. The van der Waals surface area contributed by atoms with Crippen molar-refractivity contribution in [2.75, 3.05) is 13.2 Å². The van der Waals surface area contributed by atoms with E-state index < -0.39 is 0 Å². The summed E-state index contributed by atoms with van der Waals surface area (Å²) in [7, 11) is 0. The number of hydrogen-bond donors (Lipinski definition) is 1. The van der Waals surface area contributed by atoms with Gasteiger partial charge in [-0.3, -0.25) is 9.59 Å². The van der Waals surface area contributed by atoms with Crippen LogP contribution in [0, 0.1) is 20.8 Å². The zero-order chi connectivity index (χ0) is 16.1. The third kappa shape index (κ3) is 3.94. The Morgan fingerprint density at radius 3 is 2.59 bits per heavy atom. The number of aryl methyl sites for hydroxylation is 3. The highest BCUT2D eigenvalue weighted by Gasteiger charge is 2.12. The first-order valence-electron chi connectivity index (χ1n) is 6.99. The Morgan fingerprint density at radius 2 is 1.95 bits per heavy atom. The van der Waals surface area contributed by atoms with Crippen LogP contribution in [0.3, 0.4) is 0 Å². The summed E-state index contributed by atoms with van der Waals surface area (Å²) in [5.41, 5.74) is 2.46. The smallest absolute Gasteiger partial charge is 0.266 e. The molecule has 0 fully saturated rings. The van der Waals surface area contributed by atoms with Gasteiger partial charge < -0.3 is 10.1 Å². The molecule has 22 heavy (non-hydrogen) atoms. The van der Waals surface area contributed by atoms with E-state index in [1.54, 1.807) is 19.1 Å². The number of amides is 1. The standard InChI is InChI=1S/C16H19N3O3/c1-11-6-4-5-7-14(11)22-10-15(20)17-9-16(21)19-13(3)8-12(2)18-19/h4-8H,9-10H2,1-3H3,(H,17,20). The average Bonchev–Trinajstić information content (AvgIpc) is 2.82. The van der Waals surface area contributed by atoms with Crippen LogP contribution in [-0.4, -0.2) is 34.7 Å². The fourth-order valence-electron chi connectivity index (χ4n) is 2.04. The number of nitrogens with one attached hydrogen (secondary N) is 1. The molecule has 0 aliphatic heterocycles. The number of nitrogens with zero attached hydrogens (tertiary/aromatic N) is 2. The molecule has 0 aliphatic rings. The Bertz CT molecular complexity index is 692. The molecular formula is C16H19N3O3. The first-order valence-corrected chi connectivity index (χ1v) is 6.99. The van der Waals surface area contributed by atoms with Crippen molar-refractivity contribution in [3.05, 3.63) is 47.3 Å². The van der Waals surface area contributed by atoms with Gasteiger partial charge in [0, 0.05) is 5.69 Å². The molecule has 0 radical (unpaired) electrons. The third-order valence-corrected chi connectivity index (χ3v) is 3.13. The van der Waals surface area contributed by atoms with Crippen molar-refractivity contribution in [1.82, 2.24) is 15.1 Å². The molecule has 2 aromatic rings. The van der Waals surface area contributed by atoms with Crippen molar-refractivity contribution in [1.29, 1.82) is 0 Å². The molecular weight excluding hydrogens is 282 g/mol. The molecule has 0 unspecified atom stereocenters. The number of rotatable bonds is 5. The molecule has 1 aromatic heterocycles. The van der Waals surface area contributed by atoms with Crippen LogP contribution in [0.5, 0.6) is 5.75 Å². The Labute approximate surface area is 129 Å². The molecule has 0 saturated carbocycles. The SMILES string of the molecule is Cc1cc(C)n(C(=O)CNC(=O)COc2ccccc2C)n1. The molecule has 116 valence electrons. The average molecular weight is 301 g/mol. The minimum atomic E-state index is -0.349. The molecule has 6 heteroatoms. The van der Waals surface area contributed by atoms with E-state index in [-0.39, 0.29) is 25.0 Å². The molecule has 0 saturated heterocycles. The third-order valence-electron chi connectivity index (χ3n) is 3.13. The number of aromatic nitrogens is 2. The van der Waals surface area contributed by atoms with Crippen molar-refractivity contribution < 1.29 is 14.3 Å². The molecule has 2 rings (SSSR count). The molecule has 0 atom stereocenters. The maximum Gasteiger partial charge on any atom is 0.266 e. The van der Waals surface area contributed by atoms with Crippen molar-refractivity contribution in [3.63, 3.8) is 0 Å². The van der Waals surface area contributed by atoms with E-state index in [4.69, 9.17) is 4.74 Å². The van der Waals surface area contributed by atoms with Gasteiger partial charge in [0.25, 0.3) is 11.8 Å². The number of hydrogen-bond acceptors (Lipinski definition) is 4. The van der Waals surface area contributed by atoms with Crippen molar-refractivity contribution in [3.8, 4) is 5.75 Å². The van der Waals surface area contributed by atoms with Crippen molar-refractivity contribution in [2.45, 2.75) is 20.8 Å². The van der Waals surface area contributed by atoms with Gasteiger partial charge in [0.2, 0.25) is 0 Å². The van der Waals surface area contributed by atoms with E-state index in [9.17, 15) is 9.59 Å². The van der Waals surface area contributed by atoms with Gasteiger partial charge in [-0.15, -0.1) is 0 Å². The van der Waals surface area contributed by atoms with E-state index in [0.717, 1.165) is 17.0 Å². The zero-order valence-corrected chi connectivity index (χ0v) is 12.9. The van der Waals surface area contributed by atoms with E-state index in [2.05, 4.69) is 10.4 Å². The highest BCUT2D eigenvalue weighted by Crippen LogP contribution is 2.15. The minimum Gasteiger partial charge on any atom is -0.484 e. The van der Waals surface area contributed by atoms with E-state index in [0.29, 0.717) is 5.75 Å². The molecule has 1 aromatic carbocycles. The lowest BCUT2D eigenvalue weighted by Gasteiger charge is -2.09. The highest BCUT2D eigenvalue weighted by atomic mass is 16.5. The van der Waals surface area contributed by atoms with Crippen LogP contribution in [0.4, 0.5) is 0 Å². The summed E-state index contributed by atoms with van der Waals surface area (Å²) in [6.45, 7) is 5.26. The molecule has 6 nitrogen and oxygen atoms in total. The first-order chi connectivity index (χ1) is 10.5. The molecule has 0 spiro atoms. The maximum absolute atomic E-state index is 12.0. The summed E-state index contributed by atoms with van der Waals surface area (Å²) in [6.07, 6.45) is 0. The van der Waals surface area contributed by atoms with Gasteiger partial charge in [0.05, 0.1) is 12.2 Å². The van der Waals surface area contributed by atoms with Gasteiger partial charge in [-0.2, -0.15) is 5.10 Å². The van der Waals surface area contributed by atoms with Gasteiger partial charge in [0.1, 0.15) is 5.75 Å². The Balaban J connectivity index is 1.82. The quantitative estimate of drug-likeness (QED) is 0.911. The second kappa shape index (κ2) is 6.89. The van der Waals surface area contributed by atoms with Crippen LogP contribution in [0.25, 0.3) is 0 Å². The van der Waals surface area contributed by atoms with Crippen molar-refractivity contribution in [2.24, 2.45) is 0 Å². The van der Waals surface area contributed by atoms with Gasteiger partial charge in [-0.1, -0.05) is 18.2 Å². The summed E-state index contributed by atoms with van der Waals surface area (Å²) in [6, 6.07) is 9.24. The number of carbonyl (C=O) groups is 2. The van der Waals surface area contributed by atoms with Gasteiger partial charge in [-0.25, -0.2) is 4.68 Å². The predicted molar refractivity (Wildman–Crippen MR) is 82.0 cm³/mol. The normalized spacial score (nSPS) is 10.3. The topological polar surface area (TPSA) is 73.2 Å². The fourth-order valence-corrected chi connectivity index (χ4v) is 2.04. The molecule has 1 heterocycles. The monoisotopic (exact) mass is 301 g/mol. The molecule has 0 bridgehead atoms. The maximum atomic E-state index is 12.0. The summed E-state index contributed by atoms with van der Waals surface area (Å²) in [4.78, 5) is 23.7. The molecule has 1 N–H and O–H groups in total. The zero-order valence-electron chi connectivity index (χ0n) is 12.9. The van der Waals surface area contributed by atoms with Gasteiger partial charge in [0.15, 0.2) is 6.61 Å². The Kier molecular flexibility index (Phi) is 4.93. The molecule has 1 amide bonds. The highest BCUT2D eigenvalue weighted by molar-refractivity contribution is 5.86. The van der Waals surface area contributed by atoms with E-state index in [1.807, 2.05) is 32.0 Å². The second-order valence-electron chi connectivity index (χ2n) is 5.06. The summed E-state index contributed by atoms with van der Waals surface area (Å²) in [5.74, 6) is 0.0236. The van der Waals surface area contributed by atoms with Crippen LogP contribution >= 0.6 is 0 Å². The lowest BCUT2D eigenvalue weighted by molar-refractivity contribution is -0.122. The Morgan fingerprint density at radius 1 is 1.23 bits per heavy atom. The summed E-state index contributed by atoms with van der Waals surface area (Å²) < 4.78 is 6.71. The minimum absolute atomic E-state index is 0.113. The van der Waals surface area contributed by atoms with Crippen molar-refractivity contribution >= 4 is 11.8 Å². The van der Waals surface area contributed by atoms with Gasteiger partial charge >= 0.3 is 0 Å². The lowest BCUT2D eigenvalue weighted by atomic mass is 10.2. The fraction of sp³-hybridized carbons (Fsp3) is 0.312. The van der Waals surface area contributed by atoms with Gasteiger partial charge in [-0.05, 0) is 38.5 Å². The molecule has 0 aliphatic carbocycles. The Hall–Kier alpha value is -2.63. The summed E-state index contributed by atoms with van der Waals surface area (Å²) >= 11 is 0. The van der Waals surface area contributed by atoms with E-state index >= 15 is 0 Å². The van der Waals surface area contributed by atoms with E-state index in [1.165, 1.54) is 4.68 Å². The number of ether oxygens (including phenoxy) is 1. The first kappa shape index (κ1) is 15.8.